The molecule has 0 atom stereocenters. The average molecular weight is 412 g/mol. The second-order valence-corrected chi connectivity index (χ2v) is 7.46. The summed E-state index contributed by atoms with van der Waals surface area (Å²) in [7, 11) is 0. The predicted octanol–water partition coefficient (Wildman–Crippen LogP) is 4.79. The van der Waals surface area contributed by atoms with Gasteiger partial charge in [0.15, 0.2) is 0 Å². The second-order valence-electron chi connectivity index (χ2n) is 7.46. The first-order valence-electron chi connectivity index (χ1n) is 10.6. The molecule has 2 N–H and O–H groups in total. The Morgan fingerprint density at radius 2 is 1.47 bits per heavy atom. The Morgan fingerprint density at radius 1 is 0.900 bits per heavy atom. The van der Waals surface area contributed by atoms with Gasteiger partial charge in [-0.05, 0) is 75.2 Å². The van der Waals surface area contributed by atoms with Crippen molar-refractivity contribution in [2.24, 2.45) is 0 Å². The number of hydrogen-bond acceptors (Lipinski definition) is 4. The van der Waals surface area contributed by atoms with Crippen LogP contribution in [0.4, 0.5) is 11.4 Å². The molecule has 0 saturated carbocycles. The largest absolute Gasteiger partial charge is 0.491 e. The van der Waals surface area contributed by atoms with Crippen molar-refractivity contribution >= 4 is 23.2 Å². The van der Waals surface area contributed by atoms with Gasteiger partial charge in [-0.2, -0.15) is 0 Å². The van der Waals surface area contributed by atoms with Gasteiger partial charge in [-0.1, -0.05) is 13.8 Å². The molecule has 0 aliphatic carbocycles. The van der Waals surface area contributed by atoms with Crippen LogP contribution >= 0.6 is 0 Å². The van der Waals surface area contributed by atoms with Gasteiger partial charge < -0.3 is 20.3 Å². The van der Waals surface area contributed by atoms with Crippen LogP contribution in [0.1, 0.15) is 50.9 Å². The molecule has 6 nitrogen and oxygen atoms in total. The third-order valence-electron chi connectivity index (χ3n) is 4.37. The molecule has 0 spiro atoms. The molecule has 2 aromatic carbocycles. The minimum atomic E-state index is -0.148. The molecule has 6 heteroatoms. The van der Waals surface area contributed by atoms with Gasteiger partial charge in [0.2, 0.25) is 5.91 Å². The van der Waals surface area contributed by atoms with Crippen LogP contribution in [-0.2, 0) is 4.79 Å². The van der Waals surface area contributed by atoms with Crippen molar-refractivity contribution in [1.29, 1.82) is 0 Å². The van der Waals surface area contributed by atoms with E-state index in [2.05, 4.69) is 24.5 Å². The molecule has 2 amide bonds. The maximum absolute atomic E-state index is 12.6. The van der Waals surface area contributed by atoms with E-state index in [1.165, 1.54) is 0 Å². The van der Waals surface area contributed by atoms with Gasteiger partial charge >= 0.3 is 0 Å². The first-order valence-corrected chi connectivity index (χ1v) is 10.6. The molecule has 0 saturated heterocycles. The van der Waals surface area contributed by atoms with E-state index in [0.717, 1.165) is 37.4 Å². The molecule has 0 aliphatic heterocycles. The Balaban J connectivity index is 1.85. The van der Waals surface area contributed by atoms with E-state index in [-0.39, 0.29) is 24.5 Å². The predicted molar refractivity (Wildman–Crippen MR) is 122 cm³/mol. The molecule has 0 fully saturated rings. The molecule has 0 unspecified atom stereocenters. The molecule has 30 heavy (non-hydrogen) atoms. The molecule has 0 aliphatic rings. The molecule has 2 rings (SSSR count). The standard InChI is InChI=1S/C24H33N3O3/c1-5-15-27(16-6-2)24(29)19-7-9-20(10-8-19)25-17-23(28)26-21-11-13-22(14-12-21)30-18(3)4/h7-14,18,25H,5-6,15-17H2,1-4H3,(H,26,28). The minimum absolute atomic E-state index is 0.0490. The van der Waals surface area contributed by atoms with Crippen molar-refractivity contribution in [3.05, 3.63) is 54.1 Å². The van der Waals surface area contributed by atoms with Crippen molar-refractivity contribution in [1.82, 2.24) is 4.90 Å². The number of amides is 2. The van der Waals surface area contributed by atoms with Gasteiger partial charge in [-0.15, -0.1) is 0 Å². The molecule has 2 aromatic rings. The summed E-state index contributed by atoms with van der Waals surface area (Å²) in [5, 5.41) is 5.93. The van der Waals surface area contributed by atoms with Crippen molar-refractivity contribution in [3.63, 3.8) is 0 Å². The zero-order chi connectivity index (χ0) is 21.9. The number of anilines is 2. The van der Waals surface area contributed by atoms with E-state index in [1.807, 2.05) is 55.1 Å². The lowest BCUT2D eigenvalue weighted by Gasteiger charge is -2.21. The lowest BCUT2D eigenvalue weighted by atomic mass is 10.1. The second kappa shape index (κ2) is 11.9. The van der Waals surface area contributed by atoms with Gasteiger partial charge in [-0.3, -0.25) is 9.59 Å². The SMILES string of the molecule is CCCN(CCC)C(=O)c1ccc(NCC(=O)Nc2ccc(OC(C)C)cc2)cc1. The highest BCUT2D eigenvalue weighted by Gasteiger charge is 2.14. The number of carbonyl (C=O) groups is 2. The lowest BCUT2D eigenvalue weighted by Crippen LogP contribution is -2.32. The summed E-state index contributed by atoms with van der Waals surface area (Å²) >= 11 is 0. The molecule has 0 radical (unpaired) electrons. The molecular formula is C24H33N3O3. The monoisotopic (exact) mass is 411 g/mol. The van der Waals surface area contributed by atoms with Crippen LogP contribution in [-0.4, -0.2) is 42.5 Å². The summed E-state index contributed by atoms with van der Waals surface area (Å²) in [4.78, 5) is 26.7. The van der Waals surface area contributed by atoms with Gasteiger partial charge in [-0.25, -0.2) is 0 Å². The minimum Gasteiger partial charge on any atom is -0.491 e. The van der Waals surface area contributed by atoms with Crippen LogP contribution < -0.4 is 15.4 Å². The van der Waals surface area contributed by atoms with E-state index >= 15 is 0 Å². The maximum atomic E-state index is 12.6. The Kier molecular flexibility index (Phi) is 9.19. The highest BCUT2D eigenvalue weighted by atomic mass is 16.5. The Hall–Kier alpha value is -3.02. The smallest absolute Gasteiger partial charge is 0.253 e. The normalized spacial score (nSPS) is 10.6. The zero-order valence-electron chi connectivity index (χ0n) is 18.4. The van der Waals surface area contributed by atoms with Crippen LogP contribution in [0.25, 0.3) is 0 Å². The maximum Gasteiger partial charge on any atom is 0.253 e. The van der Waals surface area contributed by atoms with Crippen molar-refractivity contribution in [3.8, 4) is 5.75 Å². The Bertz CT molecular complexity index is 795. The quantitative estimate of drug-likeness (QED) is 0.558. The fraction of sp³-hybridized carbons (Fsp3) is 0.417. The first-order chi connectivity index (χ1) is 14.4. The van der Waals surface area contributed by atoms with Gasteiger partial charge in [0.25, 0.3) is 5.91 Å². The van der Waals surface area contributed by atoms with Crippen LogP contribution in [0, 0.1) is 0 Å². The lowest BCUT2D eigenvalue weighted by molar-refractivity contribution is -0.114. The van der Waals surface area contributed by atoms with E-state index in [4.69, 9.17) is 4.74 Å². The number of rotatable bonds is 11. The van der Waals surface area contributed by atoms with Gasteiger partial charge in [0, 0.05) is 30.0 Å². The van der Waals surface area contributed by atoms with Crippen molar-refractivity contribution in [2.75, 3.05) is 30.3 Å². The highest BCUT2D eigenvalue weighted by Crippen LogP contribution is 2.17. The molecule has 162 valence electrons. The molecule has 0 bridgehead atoms. The zero-order valence-corrected chi connectivity index (χ0v) is 18.4. The summed E-state index contributed by atoms with van der Waals surface area (Å²) in [6.07, 6.45) is 1.99. The average Bonchev–Trinajstić information content (AvgIpc) is 2.73. The third kappa shape index (κ3) is 7.43. The first kappa shape index (κ1) is 23.3. The third-order valence-corrected chi connectivity index (χ3v) is 4.37. The number of hydrogen-bond donors (Lipinski definition) is 2. The molecule has 0 heterocycles. The van der Waals surface area contributed by atoms with E-state index in [1.54, 1.807) is 12.1 Å². The van der Waals surface area contributed by atoms with Crippen molar-refractivity contribution < 1.29 is 14.3 Å². The number of benzene rings is 2. The molecule has 0 aromatic heterocycles. The van der Waals surface area contributed by atoms with Crippen LogP contribution in [0.3, 0.4) is 0 Å². The Morgan fingerprint density at radius 3 is 2.00 bits per heavy atom. The summed E-state index contributed by atoms with van der Waals surface area (Å²) < 4.78 is 5.60. The summed E-state index contributed by atoms with van der Waals surface area (Å²) in [5.74, 6) is 0.671. The van der Waals surface area contributed by atoms with Crippen LogP contribution in [0.2, 0.25) is 0 Å². The Labute approximate surface area is 179 Å². The number of carbonyl (C=O) groups excluding carboxylic acids is 2. The number of ether oxygens (including phenoxy) is 1. The fourth-order valence-electron chi connectivity index (χ4n) is 3.04. The molecular weight excluding hydrogens is 378 g/mol. The summed E-state index contributed by atoms with van der Waals surface area (Å²) in [6.45, 7) is 9.74. The van der Waals surface area contributed by atoms with E-state index < -0.39 is 0 Å². The highest BCUT2D eigenvalue weighted by molar-refractivity contribution is 5.95. The van der Waals surface area contributed by atoms with Crippen LogP contribution in [0.15, 0.2) is 48.5 Å². The summed E-state index contributed by atoms with van der Waals surface area (Å²) in [5.41, 5.74) is 2.17. The fourth-order valence-corrected chi connectivity index (χ4v) is 3.04. The van der Waals surface area contributed by atoms with Gasteiger partial charge in [0.05, 0.1) is 12.6 Å². The number of nitrogens with one attached hydrogen (secondary N) is 2. The van der Waals surface area contributed by atoms with E-state index in [9.17, 15) is 9.59 Å². The summed E-state index contributed by atoms with van der Waals surface area (Å²) in [6, 6.07) is 14.5. The van der Waals surface area contributed by atoms with E-state index in [0.29, 0.717) is 11.3 Å². The van der Waals surface area contributed by atoms with Crippen molar-refractivity contribution in [2.45, 2.75) is 46.6 Å². The topological polar surface area (TPSA) is 70.7 Å². The van der Waals surface area contributed by atoms with Gasteiger partial charge in [0.1, 0.15) is 5.75 Å². The number of nitrogens with zero attached hydrogens (tertiary/aromatic N) is 1. The van der Waals surface area contributed by atoms with Crippen LogP contribution in [0.5, 0.6) is 5.75 Å².